The van der Waals surface area contributed by atoms with Crippen LogP contribution in [0.1, 0.15) is 43.7 Å². The average Bonchev–Trinajstić information content (AvgIpc) is 2.96. The van der Waals surface area contributed by atoms with Gasteiger partial charge in [0.15, 0.2) is 0 Å². The van der Waals surface area contributed by atoms with Crippen molar-refractivity contribution in [2.24, 2.45) is 5.41 Å². The van der Waals surface area contributed by atoms with E-state index in [9.17, 15) is 4.79 Å². The molecule has 2 aromatic heterocycles. The second kappa shape index (κ2) is 6.85. The fraction of sp³-hybridized carbons (Fsp3) is 0.412. The molecule has 1 N–H and O–H groups in total. The van der Waals surface area contributed by atoms with Crippen molar-refractivity contribution in [3.8, 4) is 0 Å². The minimum atomic E-state index is -0.00514. The van der Waals surface area contributed by atoms with E-state index in [0.717, 1.165) is 12.0 Å². The molecule has 0 spiro atoms. The van der Waals surface area contributed by atoms with Crippen LogP contribution >= 0.6 is 11.3 Å². The Labute approximate surface area is 130 Å². The van der Waals surface area contributed by atoms with Gasteiger partial charge in [-0.25, -0.2) is 0 Å². The maximum absolute atomic E-state index is 12.2. The van der Waals surface area contributed by atoms with Gasteiger partial charge >= 0.3 is 0 Å². The lowest BCUT2D eigenvalue weighted by atomic mass is 9.85. The molecule has 0 bridgehead atoms. The van der Waals surface area contributed by atoms with Crippen LogP contribution in [0.4, 0.5) is 0 Å². The molecular weight excluding hydrogens is 280 g/mol. The summed E-state index contributed by atoms with van der Waals surface area (Å²) >= 11 is 1.69. The number of amides is 1. The zero-order valence-corrected chi connectivity index (χ0v) is 13.6. The minimum absolute atomic E-state index is 0.00514. The summed E-state index contributed by atoms with van der Waals surface area (Å²) in [5, 5.41) is 5.23. The molecule has 1 unspecified atom stereocenters. The molecule has 4 heteroatoms. The number of nitrogens with zero attached hydrogens (tertiary/aromatic N) is 1. The van der Waals surface area contributed by atoms with Gasteiger partial charge in [0.25, 0.3) is 0 Å². The molecule has 1 amide bonds. The maximum Gasteiger partial charge on any atom is 0.220 e. The first-order valence-corrected chi connectivity index (χ1v) is 8.06. The minimum Gasteiger partial charge on any atom is -0.348 e. The van der Waals surface area contributed by atoms with Crippen molar-refractivity contribution in [3.63, 3.8) is 0 Å². The lowest BCUT2D eigenvalue weighted by Gasteiger charge is -2.30. The number of aromatic nitrogens is 1. The third-order valence-electron chi connectivity index (χ3n) is 3.36. The van der Waals surface area contributed by atoms with Crippen LogP contribution in [0, 0.1) is 5.41 Å². The Hall–Kier alpha value is -1.68. The molecular formula is C17H22N2OS. The zero-order chi connectivity index (χ0) is 15.3. The number of rotatable bonds is 5. The van der Waals surface area contributed by atoms with Crippen molar-refractivity contribution in [1.29, 1.82) is 0 Å². The Kier molecular flexibility index (Phi) is 5.12. The summed E-state index contributed by atoms with van der Waals surface area (Å²) in [6.07, 6.45) is 4.77. The van der Waals surface area contributed by atoms with Crippen molar-refractivity contribution in [2.75, 3.05) is 0 Å². The SMILES string of the molecule is CC(C)(C)C(NC(=O)CCc1cccnc1)c1cccs1. The highest BCUT2D eigenvalue weighted by molar-refractivity contribution is 7.10. The summed E-state index contributed by atoms with van der Waals surface area (Å²) in [4.78, 5) is 17.5. The number of pyridine rings is 1. The van der Waals surface area contributed by atoms with Gasteiger partial charge in [0.05, 0.1) is 6.04 Å². The largest absolute Gasteiger partial charge is 0.348 e. The molecule has 0 aliphatic carbocycles. The van der Waals surface area contributed by atoms with E-state index < -0.39 is 0 Å². The molecule has 0 saturated carbocycles. The van der Waals surface area contributed by atoms with Gasteiger partial charge in [-0.3, -0.25) is 9.78 Å². The fourth-order valence-electron chi connectivity index (χ4n) is 2.21. The van der Waals surface area contributed by atoms with Gasteiger partial charge in [0.2, 0.25) is 5.91 Å². The smallest absolute Gasteiger partial charge is 0.220 e. The van der Waals surface area contributed by atoms with Crippen LogP contribution in [0.15, 0.2) is 42.0 Å². The number of hydrogen-bond acceptors (Lipinski definition) is 3. The summed E-state index contributed by atoms with van der Waals surface area (Å²) in [6.45, 7) is 6.45. The van der Waals surface area contributed by atoms with E-state index in [1.54, 1.807) is 17.5 Å². The summed E-state index contributed by atoms with van der Waals surface area (Å²) in [5.74, 6) is 0.0900. The Morgan fingerprint density at radius 2 is 2.14 bits per heavy atom. The Morgan fingerprint density at radius 1 is 1.33 bits per heavy atom. The van der Waals surface area contributed by atoms with Crippen LogP contribution in [0.3, 0.4) is 0 Å². The van der Waals surface area contributed by atoms with E-state index in [4.69, 9.17) is 0 Å². The first kappa shape index (κ1) is 15.7. The number of aryl methyl sites for hydroxylation is 1. The van der Waals surface area contributed by atoms with E-state index >= 15 is 0 Å². The van der Waals surface area contributed by atoms with Crippen LogP contribution in [0.2, 0.25) is 0 Å². The molecule has 112 valence electrons. The zero-order valence-electron chi connectivity index (χ0n) is 12.8. The van der Waals surface area contributed by atoms with Gasteiger partial charge in [-0.2, -0.15) is 0 Å². The highest BCUT2D eigenvalue weighted by Crippen LogP contribution is 2.35. The van der Waals surface area contributed by atoms with Gasteiger partial charge in [0, 0.05) is 23.7 Å². The van der Waals surface area contributed by atoms with Gasteiger partial charge in [-0.1, -0.05) is 32.9 Å². The maximum atomic E-state index is 12.2. The molecule has 0 aromatic carbocycles. The van der Waals surface area contributed by atoms with E-state index in [-0.39, 0.29) is 17.4 Å². The van der Waals surface area contributed by atoms with E-state index in [0.29, 0.717) is 6.42 Å². The van der Waals surface area contributed by atoms with Crippen molar-refractivity contribution in [3.05, 3.63) is 52.5 Å². The highest BCUT2D eigenvalue weighted by atomic mass is 32.1. The molecule has 0 fully saturated rings. The van der Waals surface area contributed by atoms with E-state index in [1.807, 2.05) is 24.4 Å². The molecule has 0 saturated heterocycles. The van der Waals surface area contributed by atoms with Crippen molar-refractivity contribution in [1.82, 2.24) is 10.3 Å². The third-order valence-corrected chi connectivity index (χ3v) is 4.30. The van der Waals surface area contributed by atoms with Crippen LogP contribution in [-0.2, 0) is 11.2 Å². The molecule has 21 heavy (non-hydrogen) atoms. The van der Waals surface area contributed by atoms with Crippen molar-refractivity contribution in [2.45, 2.75) is 39.7 Å². The third kappa shape index (κ3) is 4.67. The Morgan fingerprint density at radius 3 is 2.71 bits per heavy atom. The highest BCUT2D eigenvalue weighted by Gasteiger charge is 2.28. The van der Waals surface area contributed by atoms with Crippen molar-refractivity contribution < 1.29 is 4.79 Å². The first-order valence-electron chi connectivity index (χ1n) is 7.18. The predicted molar refractivity (Wildman–Crippen MR) is 87.2 cm³/mol. The quantitative estimate of drug-likeness (QED) is 0.907. The summed E-state index contributed by atoms with van der Waals surface area (Å²) < 4.78 is 0. The molecule has 3 nitrogen and oxygen atoms in total. The lowest BCUT2D eigenvalue weighted by molar-refractivity contribution is -0.122. The van der Waals surface area contributed by atoms with Crippen molar-refractivity contribution >= 4 is 17.2 Å². The lowest BCUT2D eigenvalue weighted by Crippen LogP contribution is -2.36. The second-order valence-electron chi connectivity index (χ2n) is 6.24. The van der Waals surface area contributed by atoms with Crippen LogP contribution in [0.25, 0.3) is 0 Å². The number of nitrogens with one attached hydrogen (secondary N) is 1. The molecule has 0 aliphatic rings. The van der Waals surface area contributed by atoms with Gasteiger partial charge in [-0.05, 0) is 34.9 Å². The van der Waals surface area contributed by atoms with E-state index in [2.05, 4.69) is 42.5 Å². The molecule has 2 heterocycles. The van der Waals surface area contributed by atoms with Gasteiger partial charge in [-0.15, -0.1) is 11.3 Å². The van der Waals surface area contributed by atoms with Crippen LogP contribution in [0.5, 0.6) is 0 Å². The van der Waals surface area contributed by atoms with Gasteiger partial charge < -0.3 is 5.32 Å². The molecule has 1 atom stereocenters. The fourth-order valence-corrected chi connectivity index (χ4v) is 3.23. The molecule has 0 aliphatic heterocycles. The molecule has 2 aromatic rings. The number of hydrogen-bond donors (Lipinski definition) is 1. The number of thiophene rings is 1. The summed E-state index contributed by atoms with van der Waals surface area (Å²) in [5.41, 5.74) is 1.09. The van der Waals surface area contributed by atoms with E-state index in [1.165, 1.54) is 4.88 Å². The second-order valence-corrected chi connectivity index (χ2v) is 7.22. The van der Waals surface area contributed by atoms with Crippen LogP contribution in [-0.4, -0.2) is 10.9 Å². The topological polar surface area (TPSA) is 42.0 Å². The van der Waals surface area contributed by atoms with Crippen LogP contribution < -0.4 is 5.32 Å². The number of carbonyl (C=O) groups excluding carboxylic acids is 1. The Balaban J connectivity index is 1.96. The average molecular weight is 302 g/mol. The molecule has 0 radical (unpaired) electrons. The number of carbonyl (C=O) groups is 1. The van der Waals surface area contributed by atoms with Gasteiger partial charge in [0.1, 0.15) is 0 Å². The standard InChI is InChI=1S/C17H22N2OS/c1-17(2,3)16(14-7-5-11-21-14)19-15(20)9-8-13-6-4-10-18-12-13/h4-7,10-12,16H,8-9H2,1-3H3,(H,19,20). The Bertz CT molecular complexity index is 558. The summed E-state index contributed by atoms with van der Waals surface area (Å²) in [7, 11) is 0. The normalized spacial score (nSPS) is 12.9. The predicted octanol–water partition coefficient (Wildman–Crippen LogP) is 3.98. The molecule has 2 rings (SSSR count). The first-order chi connectivity index (χ1) is 9.97. The monoisotopic (exact) mass is 302 g/mol. The summed E-state index contributed by atoms with van der Waals surface area (Å²) in [6, 6.07) is 8.07.